The Morgan fingerprint density at radius 1 is 1.05 bits per heavy atom. The Morgan fingerprint density at radius 2 is 1.77 bits per heavy atom. The van der Waals surface area contributed by atoms with Gasteiger partial charge in [-0.25, -0.2) is 18.2 Å². The second kappa shape index (κ2) is 8.53. The summed E-state index contributed by atoms with van der Waals surface area (Å²) in [5.74, 6) is 1.02. The van der Waals surface area contributed by atoms with E-state index < -0.39 is 21.5 Å². The molecule has 3 aromatic rings. The number of anilines is 3. The molecule has 1 spiro atoms. The second-order valence-electron chi connectivity index (χ2n) is 11.6. The summed E-state index contributed by atoms with van der Waals surface area (Å²) >= 11 is 0. The summed E-state index contributed by atoms with van der Waals surface area (Å²) in [6.45, 7) is 2.16. The molecular weight excluding hydrogens is 532 g/mol. The van der Waals surface area contributed by atoms with Crippen LogP contribution in [0.2, 0.25) is 0 Å². The van der Waals surface area contributed by atoms with Crippen LogP contribution in [-0.2, 0) is 20.2 Å². The number of hydrogen-bond acceptors (Lipinski definition) is 7. The van der Waals surface area contributed by atoms with E-state index in [4.69, 9.17) is 4.98 Å². The molecule has 0 radical (unpaired) electrons. The van der Waals surface area contributed by atoms with Gasteiger partial charge in [-0.05, 0) is 36.6 Å². The minimum Gasteiger partial charge on any atom is -0.465 e. The molecule has 208 valence electrons. The van der Waals surface area contributed by atoms with Crippen LogP contribution in [0.15, 0.2) is 36.7 Å². The lowest BCUT2D eigenvalue weighted by molar-refractivity contribution is -0.125. The molecule has 2 atom stereocenters. The number of carbonyl (C=O) groups is 2. The number of nitrogens with zero attached hydrogens (tertiary/aromatic N) is 5. The molecule has 40 heavy (non-hydrogen) atoms. The number of rotatable bonds is 4. The van der Waals surface area contributed by atoms with E-state index in [1.54, 1.807) is 23.4 Å². The summed E-state index contributed by atoms with van der Waals surface area (Å²) in [6.07, 6.45) is 6.41. The molecular formula is C28H30N6O5S. The smallest absolute Gasteiger partial charge is 0.407 e. The van der Waals surface area contributed by atoms with Crippen LogP contribution in [0.3, 0.4) is 0 Å². The lowest BCUT2D eigenvalue weighted by Gasteiger charge is -2.37. The molecule has 4 aliphatic rings. The first-order chi connectivity index (χ1) is 19.0. The van der Waals surface area contributed by atoms with Crippen molar-refractivity contribution in [3.8, 4) is 11.1 Å². The number of hydrogen-bond donors (Lipinski definition) is 2. The maximum absolute atomic E-state index is 13.2. The SMILES string of the molecule is CN1C(=O)C2(CCC2)c2c1cnc1ccc(-c3cnc(N4CC5CN(C(=O)O)CC5C4)c(NS(C)(=O)=O)c3)cc21. The molecule has 2 N–H and O–H groups in total. The molecule has 7 rings (SSSR count). The number of sulfonamides is 1. The number of carboxylic acid groups (broad SMARTS) is 1. The van der Waals surface area contributed by atoms with Crippen molar-refractivity contribution in [2.45, 2.75) is 24.7 Å². The van der Waals surface area contributed by atoms with Crippen LogP contribution in [0.1, 0.15) is 24.8 Å². The standard InChI is InChI=1S/C28H30N6O5S/c1-32-23-11-29-21-5-4-16(8-20(21)24(23)28(26(32)35)6-3-7-28)17-9-22(31-40(2,38)39)25(30-10-17)33-12-18-14-34(27(36)37)15-19(18)13-33/h4-5,8-11,18-19,31H,3,6-7,12-15H2,1-2H3,(H,36,37). The van der Waals surface area contributed by atoms with E-state index in [0.717, 1.165) is 58.8 Å². The van der Waals surface area contributed by atoms with Gasteiger partial charge in [0.25, 0.3) is 0 Å². The highest BCUT2D eigenvalue weighted by atomic mass is 32.2. The zero-order valence-corrected chi connectivity index (χ0v) is 23.1. The molecule has 3 fully saturated rings. The number of likely N-dealkylation sites (tertiary alicyclic amines) is 1. The van der Waals surface area contributed by atoms with Crippen molar-refractivity contribution in [3.05, 3.63) is 42.2 Å². The van der Waals surface area contributed by atoms with Crippen molar-refractivity contribution in [3.63, 3.8) is 0 Å². The third-order valence-electron chi connectivity index (χ3n) is 9.16. The number of benzene rings is 1. The van der Waals surface area contributed by atoms with Gasteiger partial charge >= 0.3 is 6.09 Å². The number of likely N-dealkylation sites (N-methyl/N-ethyl adjacent to an activating group) is 1. The molecule has 0 bridgehead atoms. The number of amides is 2. The van der Waals surface area contributed by atoms with Gasteiger partial charge in [0.1, 0.15) is 0 Å². The average molecular weight is 563 g/mol. The molecule has 2 amide bonds. The van der Waals surface area contributed by atoms with Gasteiger partial charge in [-0.2, -0.15) is 0 Å². The largest absolute Gasteiger partial charge is 0.465 e. The monoisotopic (exact) mass is 562 g/mol. The Kier molecular flexibility index (Phi) is 5.35. The molecule has 2 unspecified atom stereocenters. The first kappa shape index (κ1) is 25.1. The summed E-state index contributed by atoms with van der Waals surface area (Å²) in [6, 6.07) is 7.72. The summed E-state index contributed by atoms with van der Waals surface area (Å²) < 4.78 is 27.3. The minimum atomic E-state index is -3.59. The highest BCUT2D eigenvalue weighted by Gasteiger charge is 2.54. The van der Waals surface area contributed by atoms with Crippen molar-refractivity contribution in [1.82, 2.24) is 14.9 Å². The van der Waals surface area contributed by atoms with E-state index in [1.807, 2.05) is 30.1 Å². The molecule has 2 aromatic heterocycles. The van der Waals surface area contributed by atoms with Gasteiger partial charge in [-0.1, -0.05) is 12.5 Å². The van der Waals surface area contributed by atoms with Gasteiger partial charge in [-0.15, -0.1) is 0 Å². The molecule has 5 heterocycles. The van der Waals surface area contributed by atoms with Crippen LogP contribution in [0.25, 0.3) is 22.0 Å². The van der Waals surface area contributed by atoms with Gasteiger partial charge in [0.2, 0.25) is 15.9 Å². The Morgan fingerprint density at radius 3 is 2.40 bits per heavy atom. The summed E-state index contributed by atoms with van der Waals surface area (Å²) in [4.78, 5) is 39.2. The summed E-state index contributed by atoms with van der Waals surface area (Å²) in [7, 11) is -1.78. The summed E-state index contributed by atoms with van der Waals surface area (Å²) in [5.41, 5.74) is 4.20. The fourth-order valence-corrected chi connectivity index (χ4v) is 7.66. The first-order valence-corrected chi connectivity index (χ1v) is 15.4. The lowest BCUT2D eigenvalue weighted by Crippen LogP contribution is -2.43. The van der Waals surface area contributed by atoms with E-state index in [0.29, 0.717) is 37.7 Å². The number of aromatic nitrogens is 2. The molecule has 2 saturated heterocycles. The highest BCUT2D eigenvalue weighted by Crippen LogP contribution is 2.55. The van der Waals surface area contributed by atoms with E-state index in [1.165, 1.54) is 4.90 Å². The number of fused-ring (bicyclic) bond motifs is 5. The maximum Gasteiger partial charge on any atom is 0.407 e. The molecule has 11 nitrogen and oxygen atoms in total. The quantitative estimate of drug-likeness (QED) is 0.495. The Balaban J connectivity index is 1.28. The van der Waals surface area contributed by atoms with E-state index >= 15 is 0 Å². The van der Waals surface area contributed by atoms with Crippen LogP contribution < -0.4 is 14.5 Å². The van der Waals surface area contributed by atoms with Crippen LogP contribution in [-0.4, -0.2) is 79.9 Å². The number of pyridine rings is 2. The Labute approximate surface area is 231 Å². The Bertz CT molecular complexity index is 1690. The fourth-order valence-electron chi connectivity index (χ4n) is 7.11. The van der Waals surface area contributed by atoms with Gasteiger partial charge in [0, 0.05) is 67.8 Å². The van der Waals surface area contributed by atoms with Gasteiger partial charge in [0.05, 0.1) is 34.8 Å². The molecule has 1 saturated carbocycles. The van der Waals surface area contributed by atoms with Crippen LogP contribution in [0, 0.1) is 11.8 Å². The van der Waals surface area contributed by atoms with Gasteiger partial charge in [0.15, 0.2) is 5.82 Å². The molecule has 12 heteroatoms. The Hall–Kier alpha value is -3.93. The van der Waals surface area contributed by atoms with Crippen LogP contribution >= 0.6 is 0 Å². The van der Waals surface area contributed by atoms with Crippen molar-refractivity contribution in [2.24, 2.45) is 11.8 Å². The third-order valence-corrected chi connectivity index (χ3v) is 9.75. The predicted octanol–water partition coefficient (Wildman–Crippen LogP) is 3.11. The van der Waals surface area contributed by atoms with E-state index in [-0.39, 0.29) is 17.7 Å². The number of carbonyl (C=O) groups excluding carboxylic acids is 1. The van der Waals surface area contributed by atoms with E-state index in [2.05, 4.69) is 9.71 Å². The maximum atomic E-state index is 13.2. The molecule has 1 aromatic carbocycles. The van der Waals surface area contributed by atoms with Crippen LogP contribution in [0.4, 0.5) is 22.0 Å². The highest BCUT2D eigenvalue weighted by molar-refractivity contribution is 7.92. The van der Waals surface area contributed by atoms with Crippen molar-refractivity contribution >= 4 is 50.1 Å². The fraction of sp³-hybridized carbons (Fsp3) is 0.429. The second-order valence-corrected chi connectivity index (χ2v) is 13.4. The van der Waals surface area contributed by atoms with Crippen LogP contribution in [0.5, 0.6) is 0 Å². The molecule has 1 aliphatic carbocycles. The lowest BCUT2D eigenvalue weighted by atomic mass is 9.64. The van der Waals surface area contributed by atoms with Gasteiger partial charge in [-0.3, -0.25) is 14.5 Å². The molecule has 3 aliphatic heterocycles. The normalized spacial score (nSPS) is 23.1. The summed E-state index contributed by atoms with van der Waals surface area (Å²) in [5, 5.41) is 10.3. The zero-order valence-electron chi connectivity index (χ0n) is 22.3. The van der Waals surface area contributed by atoms with E-state index in [9.17, 15) is 23.1 Å². The topological polar surface area (TPSA) is 136 Å². The average Bonchev–Trinajstić information content (AvgIpc) is 3.52. The predicted molar refractivity (Wildman–Crippen MR) is 151 cm³/mol. The van der Waals surface area contributed by atoms with Crippen molar-refractivity contribution in [2.75, 3.05) is 54.0 Å². The minimum absolute atomic E-state index is 0.126. The third kappa shape index (κ3) is 3.72. The van der Waals surface area contributed by atoms with Crippen molar-refractivity contribution in [1.29, 1.82) is 0 Å². The number of nitrogens with one attached hydrogen (secondary N) is 1. The zero-order chi connectivity index (χ0) is 28.0. The first-order valence-electron chi connectivity index (χ1n) is 13.5. The van der Waals surface area contributed by atoms with Gasteiger partial charge < -0.3 is 19.8 Å². The van der Waals surface area contributed by atoms with Crippen molar-refractivity contribution < 1.29 is 23.1 Å².